The fourth-order valence-corrected chi connectivity index (χ4v) is 3.02. The van der Waals surface area contributed by atoms with E-state index in [1.165, 1.54) is 30.7 Å². The zero-order valence-corrected chi connectivity index (χ0v) is 11.8. The molecule has 0 saturated carbocycles. The van der Waals surface area contributed by atoms with Gasteiger partial charge in [0.2, 0.25) is 5.76 Å². The van der Waals surface area contributed by atoms with E-state index in [4.69, 9.17) is 9.26 Å². The number of benzene rings is 1. The minimum Gasteiger partial charge on any atom is -0.465 e. The summed E-state index contributed by atoms with van der Waals surface area (Å²) in [6.45, 7) is 0. The van der Waals surface area contributed by atoms with Crippen LogP contribution in [0.3, 0.4) is 0 Å². The molecule has 1 N–H and O–H groups in total. The van der Waals surface area contributed by atoms with Crippen LogP contribution in [-0.2, 0) is 4.74 Å². The van der Waals surface area contributed by atoms with Gasteiger partial charge in [0.05, 0.1) is 13.3 Å². The molecule has 3 rings (SSSR count). The van der Waals surface area contributed by atoms with Crippen molar-refractivity contribution in [2.24, 2.45) is 0 Å². The molecule has 2 heterocycles. The second kappa shape index (κ2) is 5.37. The highest BCUT2D eigenvalue weighted by atomic mass is 32.1. The van der Waals surface area contributed by atoms with Crippen molar-refractivity contribution < 1.29 is 18.8 Å². The van der Waals surface area contributed by atoms with Gasteiger partial charge in [-0.05, 0) is 6.07 Å². The van der Waals surface area contributed by atoms with E-state index in [0.29, 0.717) is 10.6 Å². The minimum absolute atomic E-state index is 0.0725. The Bertz CT molecular complexity index is 808. The third kappa shape index (κ3) is 2.38. The summed E-state index contributed by atoms with van der Waals surface area (Å²) in [6, 6.07) is 8.81. The molecule has 21 heavy (non-hydrogen) atoms. The molecule has 0 atom stereocenters. The number of methoxy groups -OCH3 is 1. The first kappa shape index (κ1) is 13.3. The first-order valence-corrected chi connectivity index (χ1v) is 6.84. The van der Waals surface area contributed by atoms with Crippen molar-refractivity contribution in [3.05, 3.63) is 47.9 Å². The molecule has 3 aromatic rings. The van der Waals surface area contributed by atoms with Crippen LogP contribution < -0.4 is 5.32 Å². The van der Waals surface area contributed by atoms with Crippen molar-refractivity contribution in [1.82, 2.24) is 5.16 Å². The van der Waals surface area contributed by atoms with E-state index >= 15 is 0 Å². The third-order valence-electron chi connectivity index (χ3n) is 2.87. The van der Waals surface area contributed by atoms with Gasteiger partial charge in [0, 0.05) is 16.2 Å². The Morgan fingerprint density at radius 1 is 1.29 bits per heavy atom. The SMILES string of the molecule is COC(=O)c1c(NC(=O)c2ccno2)sc2ccccc12. The molecule has 0 radical (unpaired) electrons. The first-order chi connectivity index (χ1) is 10.2. The molecule has 0 aliphatic carbocycles. The number of nitrogens with one attached hydrogen (secondary N) is 1. The number of carbonyl (C=O) groups is 2. The Morgan fingerprint density at radius 3 is 2.81 bits per heavy atom. The maximum atomic E-state index is 12.0. The molecule has 106 valence electrons. The monoisotopic (exact) mass is 302 g/mol. The van der Waals surface area contributed by atoms with Gasteiger partial charge >= 0.3 is 5.97 Å². The van der Waals surface area contributed by atoms with Crippen molar-refractivity contribution in [3.8, 4) is 0 Å². The largest absolute Gasteiger partial charge is 0.465 e. The average molecular weight is 302 g/mol. The highest BCUT2D eigenvalue weighted by molar-refractivity contribution is 7.23. The topological polar surface area (TPSA) is 81.4 Å². The number of ether oxygens (including phenoxy) is 1. The Kier molecular flexibility index (Phi) is 3.41. The molecule has 0 aliphatic rings. The number of thiophene rings is 1. The van der Waals surface area contributed by atoms with Gasteiger partial charge in [-0.15, -0.1) is 11.3 Å². The summed E-state index contributed by atoms with van der Waals surface area (Å²) in [5.74, 6) is -0.896. The summed E-state index contributed by atoms with van der Waals surface area (Å²) in [5.41, 5.74) is 0.339. The maximum Gasteiger partial charge on any atom is 0.341 e. The molecule has 2 aromatic heterocycles. The van der Waals surface area contributed by atoms with Crippen LogP contribution in [0.15, 0.2) is 41.1 Å². The van der Waals surface area contributed by atoms with Gasteiger partial charge in [0.25, 0.3) is 5.91 Å². The number of hydrogen-bond donors (Lipinski definition) is 1. The second-order valence-corrected chi connectivity index (χ2v) is 5.18. The van der Waals surface area contributed by atoms with Crippen LogP contribution in [-0.4, -0.2) is 24.1 Å². The van der Waals surface area contributed by atoms with Crippen molar-refractivity contribution in [2.75, 3.05) is 12.4 Å². The van der Waals surface area contributed by atoms with Crippen LogP contribution in [0.25, 0.3) is 10.1 Å². The molecule has 7 heteroatoms. The normalized spacial score (nSPS) is 10.5. The fraction of sp³-hybridized carbons (Fsp3) is 0.0714. The van der Waals surface area contributed by atoms with E-state index < -0.39 is 11.9 Å². The molecule has 1 amide bonds. The predicted molar refractivity (Wildman–Crippen MR) is 77.6 cm³/mol. The number of amides is 1. The minimum atomic E-state index is -0.500. The predicted octanol–water partition coefficient (Wildman–Crippen LogP) is 2.93. The molecule has 0 aliphatic heterocycles. The van der Waals surface area contributed by atoms with Gasteiger partial charge in [0.1, 0.15) is 10.6 Å². The Hall–Kier alpha value is -2.67. The van der Waals surface area contributed by atoms with Crippen LogP contribution in [0, 0.1) is 0 Å². The molecular weight excluding hydrogens is 292 g/mol. The van der Waals surface area contributed by atoms with Crippen molar-refractivity contribution in [1.29, 1.82) is 0 Å². The zero-order chi connectivity index (χ0) is 14.8. The van der Waals surface area contributed by atoms with Crippen LogP contribution in [0.1, 0.15) is 20.9 Å². The number of nitrogens with zero attached hydrogens (tertiary/aromatic N) is 1. The van der Waals surface area contributed by atoms with Crippen LogP contribution in [0.2, 0.25) is 0 Å². The molecule has 0 spiro atoms. The van der Waals surface area contributed by atoms with Crippen molar-refractivity contribution in [3.63, 3.8) is 0 Å². The molecule has 0 unspecified atom stereocenters. The molecular formula is C14H10N2O4S. The number of fused-ring (bicyclic) bond motifs is 1. The Morgan fingerprint density at radius 2 is 2.10 bits per heavy atom. The zero-order valence-electron chi connectivity index (χ0n) is 11.0. The van der Waals surface area contributed by atoms with Crippen molar-refractivity contribution in [2.45, 2.75) is 0 Å². The Labute approximate surface area is 123 Å². The van der Waals surface area contributed by atoms with E-state index in [2.05, 4.69) is 10.5 Å². The lowest BCUT2D eigenvalue weighted by atomic mass is 10.1. The third-order valence-corrected chi connectivity index (χ3v) is 3.96. The smallest absolute Gasteiger partial charge is 0.341 e. The summed E-state index contributed by atoms with van der Waals surface area (Å²) < 4.78 is 10.5. The van der Waals surface area contributed by atoms with Gasteiger partial charge in [-0.1, -0.05) is 23.4 Å². The van der Waals surface area contributed by atoms with E-state index in [1.807, 2.05) is 24.3 Å². The summed E-state index contributed by atoms with van der Waals surface area (Å²) >= 11 is 1.30. The first-order valence-electron chi connectivity index (χ1n) is 6.02. The van der Waals surface area contributed by atoms with Gasteiger partial charge in [0.15, 0.2) is 0 Å². The number of hydrogen-bond acceptors (Lipinski definition) is 6. The maximum absolute atomic E-state index is 12.0. The quantitative estimate of drug-likeness (QED) is 0.752. The standard InChI is InChI=1S/C14H10N2O4S/c1-19-14(18)11-8-4-2-3-5-10(8)21-13(11)16-12(17)9-6-7-15-20-9/h2-7H,1H3,(H,16,17). The van der Waals surface area contributed by atoms with E-state index in [-0.39, 0.29) is 5.76 Å². The van der Waals surface area contributed by atoms with Gasteiger partial charge in [-0.3, -0.25) is 4.79 Å². The van der Waals surface area contributed by atoms with Gasteiger partial charge < -0.3 is 14.6 Å². The van der Waals surface area contributed by atoms with Gasteiger partial charge in [-0.25, -0.2) is 4.79 Å². The second-order valence-electron chi connectivity index (χ2n) is 4.12. The lowest BCUT2D eigenvalue weighted by Crippen LogP contribution is -2.13. The highest BCUT2D eigenvalue weighted by Crippen LogP contribution is 2.36. The fourth-order valence-electron chi connectivity index (χ4n) is 1.94. The number of esters is 1. The molecule has 0 bridgehead atoms. The van der Waals surface area contributed by atoms with Crippen LogP contribution >= 0.6 is 11.3 Å². The number of anilines is 1. The lowest BCUT2D eigenvalue weighted by molar-refractivity contribution is 0.0604. The summed E-state index contributed by atoms with van der Waals surface area (Å²) in [7, 11) is 1.30. The lowest BCUT2D eigenvalue weighted by Gasteiger charge is -2.03. The summed E-state index contributed by atoms with van der Waals surface area (Å²) in [6.07, 6.45) is 1.38. The van der Waals surface area contributed by atoms with E-state index in [9.17, 15) is 9.59 Å². The molecule has 6 nitrogen and oxygen atoms in total. The molecule has 0 fully saturated rings. The number of rotatable bonds is 3. The summed E-state index contributed by atoms with van der Waals surface area (Å²) in [5, 5.41) is 7.30. The van der Waals surface area contributed by atoms with E-state index in [0.717, 1.165) is 10.1 Å². The summed E-state index contributed by atoms with van der Waals surface area (Å²) in [4.78, 5) is 24.0. The van der Waals surface area contributed by atoms with Crippen molar-refractivity contribution >= 4 is 38.3 Å². The Balaban J connectivity index is 2.05. The highest BCUT2D eigenvalue weighted by Gasteiger charge is 2.22. The average Bonchev–Trinajstić information content (AvgIpc) is 3.13. The number of carbonyl (C=O) groups excluding carboxylic acids is 2. The molecule has 0 saturated heterocycles. The number of aromatic nitrogens is 1. The van der Waals surface area contributed by atoms with E-state index in [1.54, 1.807) is 0 Å². The van der Waals surface area contributed by atoms with Crippen LogP contribution in [0.4, 0.5) is 5.00 Å². The van der Waals surface area contributed by atoms with Crippen LogP contribution in [0.5, 0.6) is 0 Å². The van der Waals surface area contributed by atoms with Gasteiger partial charge in [-0.2, -0.15) is 0 Å². The molecule has 1 aromatic carbocycles.